The minimum Gasteiger partial charge on any atom is -0.370 e. The molecule has 21 heavy (non-hydrogen) atoms. The number of halogens is 1. The molecule has 0 atom stereocenters. The molecule has 0 unspecified atom stereocenters. The van der Waals surface area contributed by atoms with Gasteiger partial charge in [-0.3, -0.25) is 0 Å². The van der Waals surface area contributed by atoms with Crippen LogP contribution in [0.1, 0.15) is 25.1 Å². The van der Waals surface area contributed by atoms with Gasteiger partial charge in [0.2, 0.25) is 5.95 Å². The van der Waals surface area contributed by atoms with Crippen molar-refractivity contribution in [3.05, 3.63) is 40.5 Å². The van der Waals surface area contributed by atoms with Crippen LogP contribution in [0.25, 0.3) is 0 Å². The number of nitrogens with zero attached hydrogens (tertiary/aromatic N) is 2. The summed E-state index contributed by atoms with van der Waals surface area (Å²) in [6.07, 6.45) is 0. The van der Waals surface area contributed by atoms with Gasteiger partial charge in [0.05, 0.1) is 0 Å². The van der Waals surface area contributed by atoms with E-state index in [-0.39, 0.29) is 0 Å². The third-order valence-corrected chi connectivity index (χ3v) is 3.23. The van der Waals surface area contributed by atoms with E-state index in [0.717, 1.165) is 29.3 Å². The number of aromatic nitrogens is 2. The number of rotatable bonds is 5. The summed E-state index contributed by atoms with van der Waals surface area (Å²) >= 11 is 6.04. The Labute approximate surface area is 131 Å². The molecule has 0 fully saturated rings. The van der Waals surface area contributed by atoms with Crippen LogP contribution in [0.4, 0.5) is 17.5 Å². The first-order chi connectivity index (χ1) is 9.94. The molecule has 0 aliphatic rings. The lowest BCUT2D eigenvalue weighted by Crippen LogP contribution is -2.11. The molecular weight excluding hydrogens is 284 g/mol. The van der Waals surface area contributed by atoms with Gasteiger partial charge in [0.15, 0.2) is 0 Å². The molecular formula is C16H21ClN4. The van der Waals surface area contributed by atoms with Crippen molar-refractivity contribution in [3.8, 4) is 0 Å². The molecule has 1 aromatic heterocycles. The third-order valence-electron chi connectivity index (χ3n) is 2.99. The maximum absolute atomic E-state index is 6.04. The quantitative estimate of drug-likeness (QED) is 0.850. The van der Waals surface area contributed by atoms with Crippen molar-refractivity contribution in [3.63, 3.8) is 0 Å². The smallest absolute Gasteiger partial charge is 0.229 e. The number of aryl methyl sites for hydroxylation is 2. The Morgan fingerprint density at radius 2 is 1.90 bits per heavy atom. The van der Waals surface area contributed by atoms with Gasteiger partial charge in [-0.15, -0.1) is 0 Å². The molecule has 1 aromatic carbocycles. The van der Waals surface area contributed by atoms with Gasteiger partial charge in [0.1, 0.15) is 5.82 Å². The van der Waals surface area contributed by atoms with Crippen LogP contribution in [0.2, 0.25) is 5.02 Å². The largest absolute Gasteiger partial charge is 0.370 e. The van der Waals surface area contributed by atoms with Gasteiger partial charge < -0.3 is 10.6 Å². The topological polar surface area (TPSA) is 49.8 Å². The van der Waals surface area contributed by atoms with E-state index in [1.54, 1.807) is 0 Å². The molecule has 0 spiro atoms. The first-order valence-corrected chi connectivity index (χ1v) is 7.44. The van der Waals surface area contributed by atoms with Crippen LogP contribution in [0, 0.1) is 19.8 Å². The molecule has 0 aliphatic heterocycles. The molecule has 0 aliphatic carbocycles. The summed E-state index contributed by atoms with van der Waals surface area (Å²) < 4.78 is 0. The lowest BCUT2D eigenvalue weighted by atomic mass is 10.2. The van der Waals surface area contributed by atoms with Crippen LogP contribution in [0.5, 0.6) is 0 Å². The molecule has 112 valence electrons. The maximum Gasteiger partial charge on any atom is 0.229 e. The van der Waals surface area contributed by atoms with Crippen molar-refractivity contribution < 1.29 is 0 Å². The second-order valence-corrected chi connectivity index (χ2v) is 6.01. The van der Waals surface area contributed by atoms with Crippen LogP contribution < -0.4 is 10.6 Å². The zero-order valence-corrected chi connectivity index (χ0v) is 13.6. The molecule has 0 bridgehead atoms. The van der Waals surface area contributed by atoms with Crippen LogP contribution in [-0.2, 0) is 0 Å². The van der Waals surface area contributed by atoms with Crippen molar-refractivity contribution in [2.24, 2.45) is 5.92 Å². The molecule has 4 nitrogen and oxygen atoms in total. The summed E-state index contributed by atoms with van der Waals surface area (Å²) in [7, 11) is 0. The van der Waals surface area contributed by atoms with Crippen molar-refractivity contribution in [1.29, 1.82) is 0 Å². The monoisotopic (exact) mass is 304 g/mol. The predicted molar refractivity (Wildman–Crippen MR) is 89.6 cm³/mol. The average Bonchev–Trinajstić information content (AvgIpc) is 2.40. The van der Waals surface area contributed by atoms with Crippen LogP contribution in [-0.4, -0.2) is 16.5 Å². The molecule has 5 heteroatoms. The Kier molecular flexibility index (Phi) is 5.02. The number of anilines is 3. The molecule has 2 rings (SSSR count). The molecule has 2 aromatic rings. The van der Waals surface area contributed by atoms with Gasteiger partial charge in [-0.1, -0.05) is 31.5 Å². The Hall–Kier alpha value is -1.81. The Balaban J connectivity index is 2.21. The van der Waals surface area contributed by atoms with Gasteiger partial charge in [0, 0.05) is 29.0 Å². The first-order valence-electron chi connectivity index (χ1n) is 7.07. The normalized spacial score (nSPS) is 10.8. The van der Waals surface area contributed by atoms with Crippen molar-refractivity contribution in [2.45, 2.75) is 27.7 Å². The van der Waals surface area contributed by atoms with Crippen molar-refractivity contribution in [2.75, 3.05) is 17.2 Å². The second-order valence-electron chi connectivity index (χ2n) is 5.58. The fourth-order valence-electron chi connectivity index (χ4n) is 1.87. The van der Waals surface area contributed by atoms with E-state index in [1.807, 2.05) is 38.1 Å². The molecule has 1 heterocycles. The van der Waals surface area contributed by atoms with E-state index in [0.29, 0.717) is 16.9 Å². The SMILES string of the molecule is Cc1cc(NCC(C)C)nc(Nc2cc(Cl)ccc2C)n1. The van der Waals surface area contributed by atoms with Crippen LogP contribution in [0.15, 0.2) is 24.3 Å². The molecule has 0 saturated carbocycles. The van der Waals surface area contributed by atoms with Crippen molar-refractivity contribution in [1.82, 2.24) is 9.97 Å². The second kappa shape index (κ2) is 6.76. The van der Waals surface area contributed by atoms with Crippen LogP contribution in [0.3, 0.4) is 0 Å². The van der Waals surface area contributed by atoms with Gasteiger partial charge in [-0.05, 0) is 37.5 Å². The minimum absolute atomic E-state index is 0.562. The van der Waals surface area contributed by atoms with Gasteiger partial charge in [-0.25, -0.2) is 4.98 Å². The van der Waals surface area contributed by atoms with Crippen LogP contribution >= 0.6 is 11.6 Å². The molecule has 0 saturated heterocycles. The highest BCUT2D eigenvalue weighted by Crippen LogP contribution is 2.23. The van der Waals surface area contributed by atoms with Gasteiger partial charge >= 0.3 is 0 Å². The Morgan fingerprint density at radius 3 is 2.62 bits per heavy atom. The fourth-order valence-corrected chi connectivity index (χ4v) is 2.05. The number of hydrogen-bond acceptors (Lipinski definition) is 4. The third kappa shape index (κ3) is 4.60. The first kappa shape index (κ1) is 15.6. The van der Waals surface area contributed by atoms with E-state index in [4.69, 9.17) is 11.6 Å². The lowest BCUT2D eigenvalue weighted by molar-refractivity contribution is 0.687. The average molecular weight is 305 g/mol. The maximum atomic E-state index is 6.04. The summed E-state index contributed by atoms with van der Waals surface area (Å²) in [6, 6.07) is 7.66. The molecule has 2 N–H and O–H groups in total. The predicted octanol–water partition coefficient (Wildman–Crippen LogP) is 4.56. The highest BCUT2D eigenvalue weighted by atomic mass is 35.5. The molecule has 0 amide bonds. The van der Waals surface area contributed by atoms with E-state index < -0.39 is 0 Å². The highest BCUT2D eigenvalue weighted by molar-refractivity contribution is 6.30. The lowest BCUT2D eigenvalue weighted by Gasteiger charge is -2.12. The number of benzene rings is 1. The molecule has 0 radical (unpaired) electrons. The summed E-state index contributed by atoms with van der Waals surface area (Å²) in [4.78, 5) is 8.92. The van der Waals surface area contributed by atoms with Gasteiger partial charge in [-0.2, -0.15) is 4.98 Å². The summed E-state index contributed by atoms with van der Waals surface area (Å²) in [5.74, 6) is 1.97. The summed E-state index contributed by atoms with van der Waals surface area (Å²) in [5, 5.41) is 7.24. The zero-order chi connectivity index (χ0) is 15.4. The van der Waals surface area contributed by atoms with Gasteiger partial charge in [0.25, 0.3) is 0 Å². The zero-order valence-electron chi connectivity index (χ0n) is 12.9. The number of nitrogens with one attached hydrogen (secondary N) is 2. The fraction of sp³-hybridized carbons (Fsp3) is 0.375. The summed E-state index contributed by atoms with van der Waals surface area (Å²) in [6.45, 7) is 9.18. The van der Waals surface area contributed by atoms with E-state index in [2.05, 4.69) is 34.4 Å². The summed E-state index contributed by atoms with van der Waals surface area (Å²) in [5.41, 5.74) is 2.93. The van der Waals surface area contributed by atoms with E-state index >= 15 is 0 Å². The van der Waals surface area contributed by atoms with E-state index in [1.165, 1.54) is 0 Å². The minimum atomic E-state index is 0.562. The number of hydrogen-bond donors (Lipinski definition) is 2. The highest BCUT2D eigenvalue weighted by Gasteiger charge is 2.06. The Bertz CT molecular complexity index is 626. The van der Waals surface area contributed by atoms with Crippen molar-refractivity contribution >= 4 is 29.1 Å². The van der Waals surface area contributed by atoms with E-state index in [9.17, 15) is 0 Å². The standard InChI is InChI=1S/C16H21ClN4/c1-10(2)9-18-15-7-12(4)19-16(21-15)20-14-8-13(17)6-5-11(14)3/h5-8,10H,9H2,1-4H3,(H2,18,19,20,21). The Morgan fingerprint density at radius 1 is 1.14 bits per heavy atom.